The fourth-order valence-corrected chi connectivity index (χ4v) is 4.78. The van der Waals surface area contributed by atoms with Gasteiger partial charge in [0.05, 0.1) is 0 Å². The Kier molecular flexibility index (Phi) is 6.87. The second-order valence-electron chi connectivity index (χ2n) is 9.33. The predicted octanol–water partition coefficient (Wildman–Crippen LogP) is 3.64. The summed E-state index contributed by atoms with van der Waals surface area (Å²) in [7, 11) is 2.23. The van der Waals surface area contributed by atoms with Crippen molar-refractivity contribution in [2.24, 2.45) is 0 Å². The highest BCUT2D eigenvalue weighted by molar-refractivity contribution is 5.69. The van der Waals surface area contributed by atoms with Crippen LogP contribution in [0, 0.1) is 6.92 Å². The fraction of sp³-hybridized carbons (Fsp3) is 0.423. The van der Waals surface area contributed by atoms with Crippen LogP contribution in [0.15, 0.2) is 42.5 Å². The number of aromatic amines is 1. The summed E-state index contributed by atoms with van der Waals surface area (Å²) in [6, 6.07) is 15.0. The maximum Gasteiger partial charge on any atom is 0.156 e. The van der Waals surface area contributed by atoms with Crippen LogP contribution in [0.5, 0.6) is 0 Å². The minimum atomic E-state index is 0.689. The van der Waals surface area contributed by atoms with E-state index in [1.54, 1.807) is 0 Å². The molecule has 1 aromatic carbocycles. The molecule has 2 aromatic heterocycles. The third-order valence-corrected chi connectivity index (χ3v) is 6.76. The Morgan fingerprint density at radius 1 is 0.912 bits per heavy atom. The minimum Gasteiger partial charge on any atom is -0.354 e. The van der Waals surface area contributed by atoms with Crippen LogP contribution in [0.3, 0.4) is 0 Å². The molecule has 0 bridgehead atoms. The molecule has 2 fully saturated rings. The maximum absolute atomic E-state index is 4.90. The Bertz CT molecular complexity index is 1090. The molecular weight excluding hydrogens is 424 g/mol. The van der Waals surface area contributed by atoms with Gasteiger partial charge in [0.15, 0.2) is 11.6 Å². The molecule has 2 aliphatic heterocycles. The van der Waals surface area contributed by atoms with E-state index in [0.717, 1.165) is 54.9 Å². The molecule has 0 unspecified atom stereocenters. The Morgan fingerprint density at radius 3 is 2.38 bits per heavy atom. The molecule has 8 nitrogen and oxygen atoms in total. The highest BCUT2D eigenvalue weighted by Crippen LogP contribution is 2.23. The number of rotatable bonds is 6. The third-order valence-electron chi connectivity index (χ3n) is 6.76. The number of aryl methyl sites for hydroxylation is 1. The van der Waals surface area contributed by atoms with Crippen molar-refractivity contribution in [1.29, 1.82) is 0 Å². The molecule has 3 aromatic rings. The SMILES string of the molecule is Cc1cc(Nc2cc(N3CCN(C4CCN(C)CC4)CC3)nc(/C=C/c3ccccc3)n2)n[nH]1. The summed E-state index contributed by atoms with van der Waals surface area (Å²) in [6.45, 7) is 8.51. The molecule has 0 spiro atoms. The average Bonchev–Trinajstić information content (AvgIpc) is 3.28. The van der Waals surface area contributed by atoms with Crippen LogP contribution in [-0.2, 0) is 0 Å². The van der Waals surface area contributed by atoms with Gasteiger partial charge in [-0.05, 0) is 51.5 Å². The van der Waals surface area contributed by atoms with Gasteiger partial charge in [0, 0.05) is 50.0 Å². The molecule has 0 amide bonds. The van der Waals surface area contributed by atoms with Gasteiger partial charge >= 0.3 is 0 Å². The average molecular weight is 459 g/mol. The van der Waals surface area contributed by atoms with Gasteiger partial charge in [-0.1, -0.05) is 36.4 Å². The molecule has 2 N–H and O–H groups in total. The number of hydrogen-bond donors (Lipinski definition) is 2. The molecule has 34 heavy (non-hydrogen) atoms. The molecule has 5 rings (SSSR count). The standard InChI is InChI=1S/C26H34N8/c1-20-18-25(31-30-20)28-24-19-26(29-23(27-24)9-8-21-6-4-3-5-7-21)34-16-14-33(15-17-34)22-10-12-32(2)13-11-22/h3-9,18-19,22H,10-17H2,1-2H3,(H2,27,28,29,30,31)/b9-8+. The number of benzene rings is 1. The first-order valence-electron chi connectivity index (χ1n) is 12.2. The number of likely N-dealkylation sites (tertiary alicyclic amines) is 1. The lowest BCUT2D eigenvalue weighted by Gasteiger charge is -2.42. The molecule has 178 valence electrons. The van der Waals surface area contributed by atoms with E-state index in [0.29, 0.717) is 11.9 Å². The van der Waals surface area contributed by atoms with Crippen molar-refractivity contribution in [3.8, 4) is 0 Å². The monoisotopic (exact) mass is 458 g/mol. The lowest BCUT2D eigenvalue weighted by Crippen LogP contribution is -2.53. The quantitative estimate of drug-likeness (QED) is 0.584. The smallest absolute Gasteiger partial charge is 0.156 e. The third kappa shape index (κ3) is 5.63. The number of anilines is 3. The Balaban J connectivity index is 1.33. The predicted molar refractivity (Wildman–Crippen MR) is 138 cm³/mol. The number of aromatic nitrogens is 4. The molecule has 0 atom stereocenters. The van der Waals surface area contributed by atoms with Crippen molar-refractivity contribution in [1.82, 2.24) is 30.0 Å². The number of piperazine rings is 1. The summed E-state index contributed by atoms with van der Waals surface area (Å²) in [4.78, 5) is 17.1. The summed E-state index contributed by atoms with van der Waals surface area (Å²) in [5, 5.41) is 10.6. The molecule has 4 heterocycles. The summed E-state index contributed by atoms with van der Waals surface area (Å²) in [5.74, 6) is 3.16. The van der Waals surface area contributed by atoms with E-state index in [2.05, 4.69) is 55.5 Å². The fourth-order valence-electron chi connectivity index (χ4n) is 4.78. The lowest BCUT2D eigenvalue weighted by atomic mass is 10.0. The van der Waals surface area contributed by atoms with E-state index in [1.807, 2.05) is 43.3 Å². The second-order valence-corrected chi connectivity index (χ2v) is 9.33. The van der Waals surface area contributed by atoms with Gasteiger partial charge in [0.25, 0.3) is 0 Å². The largest absolute Gasteiger partial charge is 0.354 e. The number of nitrogens with zero attached hydrogens (tertiary/aromatic N) is 6. The number of hydrogen-bond acceptors (Lipinski definition) is 7. The van der Waals surface area contributed by atoms with Crippen LogP contribution in [0.4, 0.5) is 17.5 Å². The maximum atomic E-state index is 4.90. The van der Waals surface area contributed by atoms with Crippen LogP contribution >= 0.6 is 0 Å². The molecule has 2 aliphatic rings. The summed E-state index contributed by atoms with van der Waals surface area (Å²) < 4.78 is 0. The second kappa shape index (κ2) is 10.4. The normalized spacial score (nSPS) is 18.6. The van der Waals surface area contributed by atoms with Gasteiger partial charge in [-0.25, -0.2) is 9.97 Å². The Labute approximate surface area is 201 Å². The molecule has 0 aliphatic carbocycles. The van der Waals surface area contributed by atoms with Crippen molar-refractivity contribution in [3.63, 3.8) is 0 Å². The molecule has 2 saturated heterocycles. The highest BCUT2D eigenvalue weighted by atomic mass is 15.3. The van der Waals surface area contributed by atoms with E-state index in [9.17, 15) is 0 Å². The van der Waals surface area contributed by atoms with Gasteiger partial charge in [-0.3, -0.25) is 10.00 Å². The van der Waals surface area contributed by atoms with Crippen LogP contribution < -0.4 is 10.2 Å². The molecule has 0 radical (unpaired) electrons. The number of H-pyrrole nitrogens is 1. The topological polar surface area (TPSA) is 76.2 Å². The highest BCUT2D eigenvalue weighted by Gasteiger charge is 2.27. The zero-order chi connectivity index (χ0) is 23.3. The van der Waals surface area contributed by atoms with Crippen molar-refractivity contribution >= 4 is 29.6 Å². The van der Waals surface area contributed by atoms with Crippen LogP contribution in [0.1, 0.15) is 29.9 Å². The van der Waals surface area contributed by atoms with Crippen LogP contribution in [-0.4, -0.2) is 82.3 Å². The van der Waals surface area contributed by atoms with Crippen molar-refractivity contribution in [3.05, 3.63) is 59.5 Å². The zero-order valence-electron chi connectivity index (χ0n) is 20.1. The molecular formula is C26H34N8. The van der Waals surface area contributed by atoms with E-state index in [-0.39, 0.29) is 0 Å². The first-order chi connectivity index (χ1) is 16.6. The summed E-state index contributed by atoms with van der Waals surface area (Å²) in [5.41, 5.74) is 2.13. The number of nitrogens with one attached hydrogen (secondary N) is 2. The van der Waals surface area contributed by atoms with Crippen molar-refractivity contribution < 1.29 is 0 Å². The molecule has 0 saturated carbocycles. The van der Waals surface area contributed by atoms with Gasteiger partial charge in [-0.2, -0.15) is 5.10 Å². The zero-order valence-corrected chi connectivity index (χ0v) is 20.1. The summed E-state index contributed by atoms with van der Waals surface area (Å²) >= 11 is 0. The van der Waals surface area contributed by atoms with Crippen LogP contribution in [0.2, 0.25) is 0 Å². The van der Waals surface area contributed by atoms with Gasteiger partial charge in [0.1, 0.15) is 11.6 Å². The Morgan fingerprint density at radius 2 is 1.68 bits per heavy atom. The number of piperidine rings is 1. The Hall–Kier alpha value is -3.23. The van der Waals surface area contributed by atoms with Gasteiger partial charge in [0.2, 0.25) is 0 Å². The van der Waals surface area contributed by atoms with Crippen molar-refractivity contribution in [2.45, 2.75) is 25.8 Å². The van der Waals surface area contributed by atoms with E-state index >= 15 is 0 Å². The van der Waals surface area contributed by atoms with E-state index < -0.39 is 0 Å². The van der Waals surface area contributed by atoms with Crippen LogP contribution in [0.25, 0.3) is 12.2 Å². The van der Waals surface area contributed by atoms with Gasteiger partial charge < -0.3 is 15.1 Å². The van der Waals surface area contributed by atoms with E-state index in [4.69, 9.17) is 9.97 Å². The summed E-state index contributed by atoms with van der Waals surface area (Å²) in [6.07, 6.45) is 6.58. The van der Waals surface area contributed by atoms with Crippen molar-refractivity contribution in [2.75, 3.05) is 56.5 Å². The van der Waals surface area contributed by atoms with E-state index in [1.165, 1.54) is 25.9 Å². The minimum absolute atomic E-state index is 0.689. The van der Waals surface area contributed by atoms with Gasteiger partial charge in [-0.15, -0.1) is 0 Å². The lowest BCUT2D eigenvalue weighted by molar-refractivity contribution is 0.115. The first kappa shape index (κ1) is 22.6. The molecule has 8 heteroatoms. The first-order valence-corrected chi connectivity index (χ1v) is 12.2.